The molecule has 0 amide bonds. The van der Waals surface area contributed by atoms with Crippen LogP contribution in [-0.2, 0) is 21.0 Å². The van der Waals surface area contributed by atoms with Gasteiger partial charge in [0.1, 0.15) is 0 Å². The number of carbonyl (C=O) groups is 1. The lowest BCUT2D eigenvalue weighted by molar-refractivity contribution is -0.249. The molecular formula is C16H22O3. The number of rotatable bonds is 8. The first-order valence-electron chi connectivity index (χ1n) is 6.78. The molecule has 0 aliphatic carbocycles. The zero-order valence-corrected chi connectivity index (χ0v) is 11.7. The molecule has 3 nitrogen and oxygen atoms in total. The zero-order valence-electron chi connectivity index (χ0n) is 11.7. The topological polar surface area (TPSA) is 35.5 Å². The van der Waals surface area contributed by atoms with Crippen LogP contribution < -0.4 is 0 Å². The van der Waals surface area contributed by atoms with Gasteiger partial charge in [0.15, 0.2) is 0 Å². The molecule has 3 heteroatoms. The van der Waals surface area contributed by atoms with Crippen molar-refractivity contribution in [1.29, 1.82) is 0 Å². The summed E-state index contributed by atoms with van der Waals surface area (Å²) in [5, 5.41) is 0. The van der Waals surface area contributed by atoms with Gasteiger partial charge in [-0.15, -0.1) is 0 Å². The van der Waals surface area contributed by atoms with Gasteiger partial charge in [0.2, 0.25) is 0 Å². The fourth-order valence-corrected chi connectivity index (χ4v) is 1.83. The third kappa shape index (κ3) is 6.77. The van der Waals surface area contributed by atoms with Crippen molar-refractivity contribution >= 4 is 12.0 Å². The average Bonchev–Trinajstić information content (AvgIpc) is 2.43. The maximum atomic E-state index is 11.1. The van der Waals surface area contributed by atoms with Gasteiger partial charge >= 0.3 is 5.97 Å². The number of carbonyl (C=O) groups excluding carboxylic acids is 1. The molecule has 0 aliphatic rings. The number of hydrogen-bond donors (Lipinski definition) is 0. The van der Waals surface area contributed by atoms with Crippen molar-refractivity contribution in [2.45, 2.75) is 39.0 Å². The molecule has 0 aromatic heterocycles. The maximum Gasteiger partial charge on any atom is 0.365 e. The standard InChI is InChI=1S/C16H22O3/c1-3-4-5-6-7-14-8-10-15(11-9-14)12-13-16(17)19-18-2/h8-13H,3-7H2,1-2H3. The molecule has 0 aliphatic heterocycles. The molecule has 0 heterocycles. The van der Waals surface area contributed by atoms with Crippen LogP contribution in [0.15, 0.2) is 30.3 Å². The van der Waals surface area contributed by atoms with E-state index in [1.807, 2.05) is 12.1 Å². The molecule has 0 atom stereocenters. The van der Waals surface area contributed by atoms with Crippen molar-refractivity contribution in [3.63, 3.8) is 0 Å². The van der Waals surface area contributed by atoms with Gasteiger partial charge in [0.05, 0.1) is 7.11 Å². The molecule has 0 N–H and O–H groups in total. The first-order valence-corrected chi connectivity index (χ1v) is 6.78. The molecule has 0 saturated carbocycles. The van der Waals surface area contributed by atoms with E-state index in [0.717, 1.165) is 12.0 Å². The van der Waals surface area contributed by atoms with E-state index < -0.39 is 5.97 Å². The van der Waals surface area contributed by atoms with Crippen LogP contribution in [0, 0.1) is 0 Å². The molecule has 0 unspecified atom stereocenters. The molecule has 0 fully saturated rings. The highest BCUT2D eigenvalue weighted by Gasteiger charge is 1.97. The first-order chi connectivity index (χ1) is 9.26. The van der Waals surface area contributed by atoms with Gasteiger partial charge in [-0.2, -0.15) is 4.89 Å². The Morgan fingerprint density at radius 2 is 1.89 bits per heavy atom. The summed E-state index contributed by atoms with van der Waals surface area (Å²) in [6.45, 7) is 2.22. The monoisotopic (exact) mass is 262 g/mol. The third-order valence-electron chi connectivity index (χ3n) is 2.88. The van der Waals surface area contributed by atoms with Crippen LogP contribution >= 0.6 is 0 Å². The molecule has 19 heavy (non-hydrogen) atoms. The molecule has 0 radical (unpaired) electrons. The maximum absolute atomic E-state index is 11.1. The van der Waals surface area contributed by atoms with E-state index in [1.165, 1.54) is 44.4 Å². The van der Waals surface area contributed by atoms with Crippen LogP contribution in [0.25, 0.3) is 6.08 Å². The van der Waals surface area contributed by atoms with Crippen molar-refractivity contribution in [2.75, 3.05) is 7.11 Å². The van der Waals surface area contributed by atoms with Gasteiger partial charge < -0.3 is 0 Å². The van der Waals surface area contributed by atoms with E-state index in [4.69, 9.17) is 0 Å². The molecule has 1 aromatic carbocycles. The molecular weight excluding hydrogens is 240 g/mol. The van der Waals surface area contributed by atoms with E-state index in [2.05, 4.69) is 28.8 Å². The van der Waals surface area contributed by atoms with Crippen LogP contribution in [0.5, 0.6) is 0 Å². The minimum absolute atomic E-state index is 0.508. The summed E-state index contributed by atoms with van der Waals surface area (Å²) in [5.74, 6) is -0.508. The van der Waals surface area contributed by atoms with Crippen LogP contribution in [0.2, 0.25) is 0 Å². The fourth-order valence-electron chi connectivity index (χ4n) is 1.83. The van der Waals surface area contributed by atoms with Gasteiger partial charge in [-0.05, 0) is 30.0 Å². The first kappa shape index (κ1) is 15.4. The van der Waals surface area contributed by atoms with Crippen molar-refractivity contribution in [3.05, 3.63) is 41.5 Å². The lowest BCUT2D eigenvalue weighted by atomic mass is 10.0. The Morgan fingerprint density at radius 1 is 1.16 bits per heavy atom. The van der Waals surface area contributed by atoms with Gasteiger partial charge in [-0.1, -0.05) is 50.5 Å². The fraction of sp³-hybridized carbons (Fsp3) is 0.438. The average molecular weight is 262 g/mol. The SMILES string of the molecule is CCCCCCc1ccc(C=CC(=O)OOC)cc1. The Morgan fingerprint density at radius 3 is 2.53 bits per heavy atom. The summed E-state index contributed by atoms with van der Waals surface area (Å²) in [5.41, 5.74) is 2.32. The van der Waals surface area contributed by atoms with E-state index in [9.17, 15) is 4.79 Å². The molecule has 0 saturated heterocycles. The van der Waals surface area contributed by atoms with Crippen LogP contribution in [0.3, 0.4) is 0 Å². The molecule has 1 rings (SSSR count). The second-order valence-corrected chi connectivity index (χ2v) is 4.45. The molecule has 1 aromatic rings. The van der Waals surface area contributed by atoms with Gasteiger partial charge in [-0.3, -0.25) is 4.89 Å². The van der Waals surface area contributed by atoms with Crippen LogP contribution in [-0.4, -0.2) is 13.1 Å². The third-order valence-corrected chi connectivity index (χ3v) is 2.88. The molecule has 104 valence electrons. The van der Waals surface area contributed by atoms with Crippen molar-refractivity contribution in [3.8, 4) is 0 Å². The summed E-state index contributed by atoms with van der Waals surface area (Å²) in [7, 11) is 1.30. The predicted octanol–water partition coefficient (Wildman–Crippen LogP) is 3.93. The van der Waals surface area contributed by atoms with Gasteiger partial charge in [-0.25, -0.2) is 4.79 Å². The van der Waals surface area contributed by atoms with Crippen LogP contribution in [0.1, 0.15) is 43.7 Å². The van der Waals surface area contributed by atoms with Crippen LogP contribution in [0.4, 0.5) is 0 Å². The Kier molecular flexibility index (Phi) is 7.59. The number of benzene rings is 1. The highest BCUT2D eigenvalue weighted by atomic mass is 17.2. The largest absolute Gasteiger partial charge is 0.365 e. The van der Waals surface area contributed by atoms with Crippen molar-refractivity contribution < 1.29 is 14.6 Å². The minimum Gasteiger partial charge on any atom is -0.294 e. The Hall–Kier alpha value is -1.61. The number of unbranched alkanes of at least 4 members (excludes halogenated alkanes) is 3. The summed E-state index contributed by atoms with van der Waals surface area (Å²) in [4.78, 5) is 19.7. The second-order valence-electron chi connectivity index (χ2n) is 4.45. The smallest absolute Gasteiger partial charge is 0.294 e. The van der Waals surface area contributed by atoms with E-state index in [-0.39, 0.29) is 0 Å². The second kappa shape index (κ2) is 9.34. The van der Waals surface area contributed by atoms with E-state index >= 15 is 0 Å². The van der Waals surface area contributed by atoms with E-state index in [0.29, 0.717) is 0 Å². The zero-order chi connectivity index (χ0) is 13.9. The van der Waals surface area contributed by atoms with Gasteiger partial charge in [0, 0.05) is 6.08 Å². The summed E-state index contributed by atoms with van der Waals surface area (Å²) in [6.07, 6.45) is 9.28. The highest BCUT2D eigenvalue weighted by Crippen LogP contribution is 2.10. The quantitative estimate of drug-likeness (QED) is 0.308. The Labute approximate surface area is 115 Å². The Bertz CT molecular complexity index is 393. The summed E-state index contributed by atoms with van der Waals surface area (Å²) < 4.78 is 0. The molecule has 0 bridgehead atoms. The number of aryl methyl sites for hydroxylation is 1. The van der Waals surface area contributed by atoms with E-state index in [1.54, 1.807) is 6.08 Å². The number of hydrogen-bond acceptors (Lipinski definition) is 3. The van der Waals surface area contributed by atoms with Crippen molar-refractivity contribution in [2.24, 2.45) is 0 Å². The van der Waals surface area contributed by atoms with Gasteiger partial charge in [0.25, 0.3) is 0 Å². The normalized spacial score (nSPS) is 10.8. The Balaban J connectivity index is 2.40. The summed E-state index contributed by atoms with van der Waals surface area (Å²) >= 11 is 0. The summed E-state index contributed by atoms with van der Waals surface area (Å²) in [6, 6.07) is 8.22. The van der Waals surface area contributed by atoms with Crippen molar-refractivity contribution in [1.82, 2.24) is 0 Å². The predicted molar refractivity (Wildman–Crippen MR) is 76.4 cm³/mol. The molecule has 0 spiro atoms. The lowest BCUT2D eigenvalue weighted by Gasteiger charge is -2.02. The minimum atomic E-state index is -0.508. The highest BCUT2D eigenvalue weighted by molar-refractivity contribution is 5.86. The lowest BCUT2D eigenvalue weighted by Crippen LogP contribution is -1.97.